The first-order valence-corrected chi connectivity index (χ1v) is 4.66. The van der Waals surface area contributed by atoms with Crippen LogP contribution in [0.4, 0.5) is 0 Å². The number of likely N-dealkylation sites (N-methyl/N-ethyl adjacent to an activating group) is 1. The molecule has 0 aliphatic carbocycles. The molecule has 2 saturated heterocycles. The lowest BCUT2D eigenvalue weighted by atomic mass is 9.90. The fourth-order valence-corrected chi connectivity index (χ4v) is 2.62. The van der Waals surface area contributed by atoms with E-state index in [2.05, 4.69) is 16.3 Å². The van der Waals surface area contributed by atoms with E-state index in [4.69, 9.17) is 5.26 Å². The van der Waals surface area contributed by atoms with Crippen LogP contribution in [0.1, 0.15) is 19.3 Å². The van der Waals surface area contributed by atoms with Crippen molar-refractivity contribution >= 4 is 0 Å². The molecule has 3 heteroatoms. The van der Waals surface area contributed by atoms with Gasteiger partial charge < -0.3 is 5.32 Å². The Bertz CT molecular complexity index is 220. The molecule has 2 atom stereocenters. The highest BCUT2D eigenvalue weighted by Gasteiger charge is 2.48. The third kappa shape index (κ3) is 0.886. The molecule has 1 N–H and O–H groups in total. The maximum atomic E-state index is 9.12. The highest BCUT2D eigenvalue weighted by atomic mass is 15.3. The number of nitrogens with one attached hydrogen (secondary N) is 1. The number of rotatable bonds is 1. The topological polar surface area (TPSA) is 39.1 Å². The van der Waals surface area contributed by atoms with E-state index < -0.39 is 0 Å². The summed E-state index contributed by atoms with van der Waals surface area (Å²) in [4.78, 5) is 2.44. The van der Waals surface area contributed by atoms with Crippen molar-refractivity contribution in [3.8, 4) is 6.07 Å². The van der Waals surface area contributed by atoms with Gasteiger partial charge in [-0.2, -0.15) is 5.26 Å². The summed E-state index contributed by atoms with van der Waals surface area (Å²) in [5.41, 5.74) is -0.240. The standard InChI is InChI=1S/C9H15N3/c1-11-9(7-10)4-6-12-5-2-3-8(9)12/h8,11H,2-6H2,1H3. The second kappa shape index (κ2) is 2.72. The van der Waals surface area contributed by atoms with Crippen molar-refractivity contribution in [1.29, 1.82) is 5.26 Å². The van der Waals surface area contributed by atoms with Gasteiger partial charge in [0.1, 0.15) is 5.54 Å². The summed E-state index contributed by atoms with van der Waals surface area (Å²) in [5, 5.41) is 12.3. The van der Waals surface area contributed by atoms with E-state index in [0.717, 1.165) is 13.0 Å². The minimum absolute atomic E-state index is 0.240. The molecule has 0 aromatic rings. The van der Waals surface area contributed by atoms with Gasteiger partial charge in [0.2, 0.25) is 0 Å². The second-order valence-corrected chi connectivity index (χ2v) is 3.78. The maximum Gasteiger partial charge on any atom is 0.123 e. The van der Waals surface area contributed by atoms with Crippen LogP contribution in [0.15, 0.2) is 0 Å². The van der Waals surface area contributed by atoms with Gasteiger partial charge in [0, 0.05) is 12.6 Å². The van der Waals surface area contributed by atoms with E-state index in [1.165, 1.54) is 19.4 Å². The maximum absolute atomic E-state index is 9.12. The van der Waals surface area contributed by atoms with Crippen LogP contribution in [0.5, 0.6) is 0 Å². The quantitative estimate of drug-likeness (QED) is 0.609. The molecule has 0 aromatic heterocycles. The number of hydrogen-bond donors (Lipinski definition) is 1. The largest absolute Gasteiger partial charge is 0.301 e. The van der Waals surface area contributed by atoms with Gasteiger partial charge in [-0.05, 0) is 32.9 Å². The van der Waals surface area contributed by atoms with Crippen LogP contribution in [-0.4, -0.2) is 36.6 Å². The number of nitrogens with zero attached hydrogens (tertiary/aromatic N) is 2. The molecule has 0 spiro atoms. The third-order valence-electron chi connectivity index (χ3n) is 3.37. The third-order valence-corrected chi connectivity index (χ3v) is 3.37. The molecular weight excluding hydrogens is 150 g/mol. The van der Waals surface area contributed by atoms with Crippen molar-refractivity contribution in [2.24, 2.45) is 0 Å². The van der Waals surface area contributed by atoms with Crippen LogP contribution in [0.3, 0.4) is 0 Å². The van der Waals surface area contributed by atoms with Gasteiger partial charge in [-0.25, -0.2) is 0 Å². The minimum atomic E-state index is -0.240. The molecule has 0 saturated carbocycles. The predicted octanol–water partition coefficient (Wildman–Crippen LogP) is 0.336. The molecule has 2 unspecified atom stereocenters. The number of nitriles is 1. The Morgan fingerprint density at radius 3 is 3.08 bits per heavy atom. The first-order valence-electron chi connectivity index (χ1n) is 4.66. The normalized spacial score (nSPS) is 41.2. The SMILES string of the molecule is CNC1(C#N)CCN2CCCC21. The second-order valence-electron chi connectivity index (χ2n) is 3.78. The fraction of sp³-hybridized carbons (Fsp3) is 0.889. The minimum Gasteiger partial charge on any atom is -0.301 e. The average molecular weight is 165 g/mol. The van der Waals surface area contributed by atoms with E-state index in [-0.39, 0.29) is 5.54 Å². The molecule has 3 nitrogen and oxygen atoms in total. The summed E-state index contributed by atoms with van der Waals surface area (Å²) in [7, 11) is 1.91. The Labute approximate surface area is 73.3 Å². The van der Waals surface area contributed by atoms with E-state index in [9.17, 15) is 0 Å². The van der Waals surface area contributed by atoms with Crippen LogP contribution in [-0.2, 0) is 0 Å². The Balaban J connectivity index is 2.22. The summed E-state index contributed by atoms with van der Waals surface area (Å²) < 4.78 is 0. The molecule has 12 heavy (non-hydrogen) atoms. The summed E-state index contributed by atoms with van der Waals surface area (Å²) in [6.45, 7) is 2.29. The lowest BCUT2D eigenvalue weighted by molar-refractivity contribution is 0.274. The molecular formula is C9H15N3. The molecule has 2 heterocycles. The number of hydrogen-bond acceptors (Lipinski definition) is 3. The van der Waals surface area contributed by atoms with Crippen LogP contribution < -0.4 is 5.32 Å². The Kier molecular flexibility index (Phi) is 1.82. The zero-order valence-corrected chi connectivity index (χ0v) is 7.51. The van der Waals surface area contributed by atoms with Gasteiger partial charge in [0.15, 0.2) is 0 Å². The molecule has 2 aliphatic heterocycles. The molecule has 0 aromatic carbocycles. The Hall–Kier alpha value is -0.590. The monoisotopic (exact) mass is 165 g/mol. The van der Waals surface area contributed by atoms with E-state index in [1.807, 2.05) is 7.05 Å². The van der Waals surface area contributed by atoms with Crippen molar-refractivity contribution in [2.45, 2.75) is 30.8 Å². The lowest BCUT2D eigenvalue weighted by Gasteiger charge is -2.27. The van der Waals surface area contributed by atoms with Crippen LogP contribution in [0.25, 0.3) is 0 Å². The Morgan fingerprint density at radius 2 is 2.42 bits per heavy atom. The average Bonchev–Trinajstić information content (AvgIpc) is 2.64. The Morgan fingerprint density at radius 1 is 1.58 bits per heavy atom. The molecule has 0 bridgehead atoms. The van der Waals surface area contributed by atoms with Gasteiger partial charge in [-0.15, -0.1) is 0 Å². The highest BCUT2D eigenvalue weighted by molar-refractivity contribution is 5.19. The van der Waals surface area contributed by atoms with Crippen molar-refractivity contribution < 1.29 is 0 Å². The van der Waals surface area contributed by atoms with Crippen molar-refractivity contribution in [1.82, 2.24) is 10.2 Å². The van der Waals surface area contributed by atoms with E-state index in [0.29, 0.717) is 6.04 Å². The first-order chi connectivity index (χ1) is 5.82. The molecule has 0 amide bonds. The van der Waals surface area contributed by atoms with Gasteiger partial charge in [-0.3, -0.25) is 4.90 Å². The van der Waals surface area contributed by atoms with Crippen LogP contribution >= 0.6 is 0 Å². The smallest absolute Gasteiger partial charge is 0.123 e. The molecule has 2 rings (SSSR count). The molecule has 0 radical (unpaired) electrons. The first kappa shape index (κ1) is 8.03. The summed E-state index contributed by atoms with van der Waals surface area (Å²) >= 11 is 0. The van der Waals surface area contributed by atoms with Crippen LogP contribution in [0.2, 0.25) is 0 Å². The number of fused-ring (bicyclic) bond motifs is 1. The van der Waals surface area contributed by atoms with E-state index >= 15 is 0 Å². The van der Waals surface area contributed by atoms with Crippen LogP contribution in [0, 0.1) is 11.3 Å². The summed E-state index contributed by atoms with van der Waals surface area (Å²) in [6.07, 6.45) is 3.44. The fourth-order valence-electron chi connectivity index (χ4n) is 2.62. The summed E-state index contributed by atoms with van der Waals surface area (Å²) in [5.74, 6) is 0. The predicted molar refractivity (Wildman–Crippen MR) is 46.6 cm³/mol. The molecule has 2 fully saturated rings. The lowest BCUT2D eigenvalue weighted by Crippen LogP contribution is -2.50. The molecule has 66 valence electrons. The van der Waals surface area contributed by atoms with Gasteiger partial charge in [0.25, 0.3) is 0 Å². The van der Waals surface area contributed by atoms with Crippen molar-refractivity contribution in [3.05, 3.63) is 0 Å². The van der Waals surface area contributed by atoms with E-state index in [1.54, 1.807) is 0 Å². The molecule has 2 aliphatic rings. The van der Waals surface area contributed by atoms with Crippen molar-refractivity contribution in [2.75, 3.05) is 20.1 Å². The van der Waals surface area contributed by atoms with Gasteiger partial charge in [-0.1, -0.05) is 0 Å². The van der Waals surface area contributed by atoms with Gasteiger partial charge in [0.05, 0.1) is 6.07 Å². The van der Waals surface area contributed by atoms with Crippen molar-refractivity contribution in [3.63, 3.8) is 0 Å². The summed E-state index contributed by atoms with van der Waals surface area (Å²) in [6, 6.07) is 2.92. The zero-order chi connectivity index (χ0) is 8.60. The van der Waals surface area contributed by atoms with Gasteiger partial charge >= 0.3 is 0 Å². The highest BCUT2D eigenvalue weighted by Crippen LogP contribution is 2.35. The zero-order valence-electron chi connectivity index (χ0n) is 7.51.